The van der Waals surface area contributed by atoms with E-state index in [-0.39, 0.29) is 0 Å². The Bertz CT molecular complexity index is 883. The van der Waals surface area contributed by atoms with Gasteiger partial charge in [0.05, 0.1) is 11.0 Å². The van der Waals surface area contributed by atoms with Crippen molar-refractivity contribution in [1.82, 2.24) is 9.55 Å². The van der Waals surface area contributed by atoms with Gasteiger partial charge in [-0.3, -0.25) is 4.57 Å². The molecule has 0 amide bonds. The average molecular weight is 286 g/mol. The molecule has 1 aromatic heterocycles. The molecule has 0 saturated heterocycles. The van der Waals surface area contributed by atoms with E-state index in [1.54, 1.807) is 0 Å². The fourth-order valence-corrected chi connectivity index (χ4v) is 3.11. The molecule has 0 unspecified atom stereocenters. The minimum Gasteiger partial charge on any atom is -0.297 e. The SMILES string of the molecule is Cc1nc2cc(C3=CCCC=C3)ccc2n1-c1ccccc1. The third-order valence-electron chi connectivity index (χ3n) is 4.16. The van der Waals surface area contributed by atoms with E-state index in [0.717, 1.165) is 35.4 Å². The first-order chi connectivity index (χ1) is 10.8. The van der Waals surface area contributed by atoms with Crippen LogP contribution in [0.4, 0.5) is 0 Å². The van der Waals surface area contributed by atoms with Crippen molar-refractivity contribution < 1.29 is 0 Å². The van der Waals surface area contributed by atoms with Gasteiger partial charge in [-0.05, 0) is 55.2 Å². The lowest BCUT2D eigenvalue weighted by molar-refractivity contribution is 1.00. The number of aryl methyl sites for hydroxylation is 1. The zero-order valence-electron chi connectivity index (χ0n) is 12.7. The highest BCUT2D eigenvalue weighted by atomic mass is 15.1. The van der Waals surface area contributed by atoms with Crippen molar-refractivity contribution in [3.63, 3.8) is 0 Å². The molecule has 0 radical (unpaired) electrons. The lowest BCUT2D eigenvalue weighted by Crippen LogP contribution is -1.96. The number of nitrogens with zero attached hydrogens (tertiary/aromatic N) is 2. The molecular weight excluding hydrogens is 268 g/mol. The van der Waals surface area contributed by atoms with Crippen LogP contribution in [0.25, 0.3) is 22.3 Å². The first-order valence-corrected chi connectivity index (χ1v) is 7.74. The van der Waals surface area contributed by atoms with E-state index >= 15 is 0 Å². The van der Waals surface area contributed by atoms with E-state index in [4.69, 9.17) is 4.98 Å². The minimum absolute atomic E-state index is 1.02. The van der Waals surface area contributed by atoms with Crippen LogP contribution in [0.5, 0.6) is 0 Å². The molecule has 1 aliphatic rings. The van der Waals surface area contributed by atoms with E-state index < -0.39 is 0 Å². The van der Waals surface area contributed by atoms with Gasteiger partial charge in [-0.25, -0.2) is 4.98 Å². The molecule has 0 atom stereocenters. The molecule has 22 heavy (non-hydrogen) atoms. The summed E-state index contributed by atoms with van der Waals surface area (Å²) in [6, 6.07) is 17.0. The minimum atomic E-state index is 1.02. The molecule has 108 valence electrons. The molecule has 1 heterocycles. The average Bonchev–Trinajstić information content (AvgIpc) is 2.91. The summed E-state index contributed by atoms with van der Waals surface area (Å²) in [5.74, 6) is 1.02. The fraction of sp³-hybridized carbons (Fsp3) is 0.150. The van der Waals surface area contributed by atoms with Gasteiger partial charge in [0.2, 0.25) is 0 Å². The van der Waals surface area contributed by atoms with Gasteiger partial charge in [-0.15, -0.1) is 0 Å². The lowest BCUT2D eigenvalue weighted by atomic mass is 9.99. The van der Waals surface area contributed by atoms with Gasteiger partial charge in [0.15, 0.2) is 0 Å². The molecule has 0 bridgehead atoms. The summed E-state index contributed by atoms with van der Waals surface area (Å²) >= 11 is 0. The molecule has 2 nitrogen and oxygen atoms in total. The Morgan fingerprint density at radius 3 is 2.64 bits per heavy atom. The molecule has 0 spiro atoms. The number of hydrogen-bond donors (Lipinski definition) is 0. The van der Waals surface area contributed by atoms with Gasteiger partial charge in [0, 0.05) is 5.69 Å². The molecule has 2 aromatic carbocycles. The number of imidazole rings is 1. The van der Waals surface area contributed by atoms with Crippen molar-refractivity contribution in [2.24, 2.45) is 0 Å². The predicted molar refractivity (Wildman–Crippen MR) is 92.2 cm³/mol. The van der Waals surface area contributed by atoms with Gasteiger partial charge >= 0.3 is 0 Å². The van der Waals surface area contributed by atoms with E-state index in [2.05, 4.69) is 72.2 Å². The van der Waals surface area contributed by atoms with Crippen molar-refractivity contribution in [3.8, 4) is 5.69 Å². The molecule has 0 saturated carbocycles. The molecule has 1 aliphatic carbocycles. The fourth-order valence-electron chi connectivity index (χ4n) is 3.11. The Morgan fingerprint density at radius 2 is 1.86 bits per heavy atom. The van der Waals surface area contributed by atoms with Crippen LogP contribution in [-0.4, -0.2) is 9.55 Å². The zero-order chi connectivity index (χ0) is 14.9. The molecule has 0 fully saturated rings. The van der Waals surface area contributed by atoms with Crippen LogP contribution in [0.1, 0.15) is 24.2 Å². The standard InChI is InChI=1S/C20H18N2/c1-15-21-19-14-17(16-8-4-2-5-9-16)12-13-20(19)22(15)18-10-6-3-7-11-18/h3-4,6-14H,2,5H2,1H3. The van der Waals surface area contributed by atoms with Crippen LogP contribution in [0.15, 0.2) is 66.8 Å². The van der Waals surface area contributed by atoms with Crippen LogP contribution < -0.4 is 0 Å². The van der Waals surface area contributed by atoms with Crippen LogP contribution in [0, 0.1) is 6.92 Å². The Labute approximate surface area is 130 Å². The van der Waals surface area contributed by atoms with Crippen molar-refractivity contribution in [1.29, 1.82) is 0 Å². The highest BCUT2D eigenvalue weighted by Gasteiger charge is 2.10. The molecule has 3 aromatic rings. The lowest BCUT2D eigenvalue weighted by Gasteiger charge is -2.09. The van der Waals surface area contributed by atoms with Crippen molar-refractivity contribution in [2.75, 3.05) is 0 Å². The summed E-state index contributed by atoms with van der Waals surface area (Å²) < 4.78 is 2.21. The molecule has 4 rings (SSSR count). The Hall–Kier alpha value is -2.61. The number of para-hydroxylation sites is 1. The normalized spacial score (nSPS) is 14.3. The number of benzene rings is 2. The third kappa shape index (κ3) is 2.17. The van der Waals surface area contributed by atoms with Crippen LogP contribution >= 0.6 is 0 Å². The summed E-state index contributed by atoms with van der Waals surface area (Å²) in [7, 11) is 0. The second-order valence-corrected chi connectivity index (χ2v) is 5.67. The van der Waals surface area contributed by atoms with E-state index in [1.807, 2.05) is 6.07 Å². The van der Waals surface area contributed by atoms with Crippen molar-refractivity contribution in [2.45, 2.75) is 19.8 Å². The topological polar surface area (TPSA) is 17.8 Å². The van der Waals surface area contributed by atoms with E-state index in [0.29, 0.717) is 0 Å². The maximum Gasteiger partial charge on any atom is 0.111 e. The second kappa shape index (κ2) is 5.30. The number of rotatable bonds is 2. The van der Waals surface area contributed by atoms with E-state index in [9.17, 15) is 0 Å². The number of hydrogen-bond acceptors (Lipinski definition) is 1. The Kier molecular flexibility index (Phi) is 3.15. The van der Waals surface area contributed by atoms with Crippen molar-refractivity contribution >= 4 is 16.6 Å². The van der Waals surface area contributed by atoms with Gasteiger partial charge in [0.1, 0.15) is 5.82 Å². The van der Waals surface area contributed by atoms with Gasteiger partial charge < -0.3 is 0 Å². The van der Waals surface area contributed by atoms with E-state index in [1.165, 1.54) is 11.1 Å². The maximum atomic E-state index is 4.76. The second-order valence-electron chi connectivity index (χ2n) is 5.67. The van der Waals surface area contributed by atoms with Crippen LogP contribution in [-0.2, 0) is 0 Å². The predicted octanol–water partition coefficient (Wildman–Crippen LogP) is 5.07. The largest absolute Gasteiger partial charge is 0.297 e. The summed E-state index contributed by atoms with van der Waals surface area (Å²) in [4.78, 5) is 4.76. The number of fused-ring (bicyclic) bond motifs is 1. The van der Waals surface area contributed by atoms with Gasteiger partial charge in [0.25, 0.3) is 0 Å². The number of aromatic nitrogens is 2. The van der Waals surface area contributed by atoms with Crippen LogP contribution in [0.3, 0.4) is 0 Å². The molecule has 2 heteroatoms. The first kappa shape index (κ1) is 13.1. The Morgan fingerprint density at radius 1 is 1.00 bits per heavy atom. The zero-order valence-corrected chi connectivity index (χ0v) is 12.7. The quantitative estimate of drug-likeness (QED) is 0.643. The first-order valence-electron chi connectivity index (χ1n) is 7.74. The highest BCUT2D eigenvalue weighted by molar-refractivity contribution is 5.85. The van der Waals surface area contributed by atoms with Crippen LogP contribution in [0.2, 0.25) is 0 Å². The smallest absolute Gasteiger partial charge is 0.111 e. The van der Waals surface area contributed by atoms with Gasteiger partial charge in [-0.2, -0.15) is 0 Å². The molecule has 0 aliphatic heterocycles. The summed E-state index contributed by atoms with van der Waals surface area (Å²) in [6.45, 7) is 2.06. The molecular formula is C20H18N2. The monoisotopic (exact) mass is 286 g/mol. The summed E-state index contributed by atoms with van der Waals surface area (Å²) in [5, 5.41) is 0. The Balaban J connectivity index is 1.86. The highest BCUT2D eigenvalue weighted by Crippen LogP contribution is 2.27. The summed E-state index contributed by atoms with van der Waals surface area (Å²) in [5.41, 5.74) is 5.93. The maximum absolute atomic E-state index is 4.76. The molecule has 0 N–H and O–H groups in total. The van der Waals surface area contributed by atoms with Gasteiger partial charge in [-0.1, -0.05) is 42.5 Å². The third-order valence-corrected chi connectivity index (χ3v) is 4.16. The van der Waals surface area contributed by atoms with Crippen molar-refractivity contribution in [3.05, 3.63) is 78.1 Å². The summed E-state index contributed by atoms with van der Waals surface area (Å²) in [6.07, 6.45) is 9.04. The number of allylic oxidation sites excluding steroid dienone is 4.